The fraction of sp³-hybridized carbons (Fsp3) is 0.0769. The van der Waals surface area contributed by atoms with Gasteiger partial charge in [0.25, 0.3) is 5.91 Å². The molecule has 0 spiro atoms. The molecule has 0 radical (unpaired) electrons. The maximum atomic E-state index is 12.1. The van der Waals surface area contributed by atoms with Gasteiger partial charge in [0, 0.05) is 11.9 Å². The third-order valence-electron chi connectivity index (χ3n) is 2.39. The smallest absolute Gasteiger partial charge is 0.258 e. The van der Waals surface area contributed by atoms with E-state index in [1.807, 2.05) is 6.26 Å². The highest BCUT2D eigenvalue weighted by Crippen LogP contribution is 2.26. The number of thioether (sulfide) groups is 1. The van der Waals surface area contributed by atoms with Crippen LogP contribution in [0.5, 0.6) is 0 Å². The van der Waals surface area contributed by atoms with Crippen LogP contribution in [0.1, 0.15) is 10.4 Å². The fourth-order valence-electron chi connectivity index (χ4n) is 1.50. The number of carbonyl (C=O) groups is 1. The van der Waals surface area contributed by atoms with Gasteiger partial charge in [0.05, 0.1) is 15.6 Å². The molecule has 6 heteroatoms. The third-order valence-corrected chi connectivity index (χ3v) is 3.84. The van der Waals surface area contributed by atoms with E-state index in [4.69, 9.17) is 23.2 Å². The van der Waals surface area contributed by atoms with Crippen molar-refractivity contribution in [2.75, 3.05) is 11.6 Å². The first kappa shape index (κ1) is 14.2. The zero-order chi connectivity index (χ0) is 13.8. The molecule has 1 N–H and O–H groups in total. The molecule has 19 heavy (non-hydrogen) atoms. The Hall–Kier alpha value is -1.23. The van der Waals surface area contributed by atoms with Crippen LogP contribution in [-0.4, -0.2) is 17.1 Å². The molecule has 0 aliphatic heterocycles. The van der Waals surface area contributed by atoms with Gasteiger partial charge in [0.15, 0.2) is 0 Å². The molecular formula is C13H10Cl2N2OS. The van der Waals surface area contributed by atoms with E-state index >= 15 is 0 Å². The summed E-state index contributed by atoms with van der Waals surface area (Å²) in [5.41, 5.74) is 1.12. The van der Waals surface area contributed by atoms with Crippen molar-refractivity contribution < 1.29 is 4.79 Å². The zero-order valence-corrected chi connectivity index (χ0v) is 12.3. The van der Waals surface area contributed by atoms with E-state index in [1.54, 1.807) is 36.5 Å². The molecule has 0 unspecified atom stereocenters. The normalized spacial score (nSPS) is 10.3. The number of amides is 1. The van der Waals surface area contributed by atoms with Gasteiger partial charge in [0.1, 0.15) is 5.03 Å². The van der Waals surface area contributed by atoms with Crippen molar-refractivity contribution in [3.8, 4) is 0 Å². The summed E-state index contributed by atoms with van der Waals surface area (Å²) in [6.07, 6.45) is 3.53. The van der Waals surface area contributed by atoms with Gasteiger partial charge in [-0.15, -0.1) is 11.8 Å². The molecule has 0 atom stereocenters. The molecular weight excluding hydrogens is 303 g/mol. The minimum absolute atomic E-state index is 0.226. The molecule has 0 aliphatic rings. The number of carbonyl (C=O) groups excluding carboxylic acids is 1. The molecule has 0 saturated heterocycles. The Morgan fingerprint density at radius 3 is 2.74 bits per heavy atom. The number of aromatic nitrogens is 1. The number of benzene rings is 1. The number of rotatable bonds is 3. The van der Waals surface area contributed by atoms with Gasteiger partial charge >= 0.3 is 0 Å². The lowest BCUT2D eigenvalue weighted by atomic mass is 10.2. The van der Waals surface area contributed by atoms with Gasteiger partial charge in [-0.3, -0.25) is 4.79 Å². The first-order chi connectivity index (χ1) is 9.11. The van der Waals surface area contributed by atoms with Crippen LogP contribution in [0.25, 0.3) is 0 Å². The summed E-state index contributed by atoms with van der Waals surface area (Å²) in [6, 6.07) is 8.39. The van der Waals surface area contributed by atoms with Gasteiger partial charge in [0.2, 0.25) is 0 Å². The van der Waals surface area contributed by atoms with Gasteiger partial charge < -0.3 is 5.32 Å². The number of hydrogen-bond donors (Lipinski definition) is 1. The van der Waals surface area contributed by atoms with E-state index < -0.39 is 0 Å². The maximum absolute atomic E-state index is 12.1. The lowest BCUT2D eigenvalue weighted by Gasteiger charge is -2.08. The van der Waals surface area contributed by atoms with E-state index in [9.17, 15) is 4.79 Å². The lowest BCUT2D eigenvalue weighted by molar-refractivity contribution is 0.102. The average molecular weight is 313 g/mol. The second-order valence-electron chi connectivity index (χ2n) is 3.64. The van der Waals surface area contributed by atoms with Gasteiger partial charge in [-0.05, 0) is 36.6 Å². The van der Waals surface area contributed by atoms with E-state index in [2.05, 4.69) is 10.3 Å². The van der Waals surface area contributed by atoms with Gasteiger partial charge in [-0.1, -0.05) is 23.2 Å². The molecule has 1 heterocycles. The first-order valence-corrected chi connectivity index (χ1v) is 7.35. The Morgan fingerprint density at radius 2 is 2.05 bits per heavy atom. The largest absolute Gasteiger partial charge is 0.322 e. The molecule has 1 amide bonds. The molecule has 2 rings (SSSR count). The van der Waals surface area contributed by atoms with Crippen LogP contribution >= 0.6 is 35.0 Å². The topological polar surface area (TPSA) is 42.0 Å². The molecule has 0 saturated carbocycles. The van der Waals surface area contributed by atoms with Crippen molar-refractivity contribution in [3.63, 3.8) is 0 Å². The molecule has 2 aromatic rings. The maximum Gasteiger partial charge on any atom is 0.258 e. The zero-order valence-electron chi connectivity index (χ0n) is 9.98. The lowest BCUT2D eigenvalue weighted by Crippen LogP contribution is -2.13. The summed E-state index contributed by atoms with van der Waals surface area (Å²) < 4.78 is 0. The molecule has 0 bridgehead atoms. The van der Waals surface area contributed by atoms with Crippen molar-refractivity contribution in [1.29, 1.82) is 0 Å². The standard InChI is InChI=1S/C13H10Cl2N2OS/c1-19-13-9(3-2-6-16-13)12(18)17-8-4-5-10(14)11(15)7-8/h2-7H,1H3,(H,17,18). The number of anilines is 1. The van der Waals surface area contributed by atoms with Crippen molar-refractivity contribution in [3.05, 3.63) is 52.1 Å². The predicted octanol–water partition coefficient (Wildman–Crippen LogP) is 4.36. The van der Waals surface area contributed by atoms with Crippen LogP contribution in [0.3, 0.4) is 0 Å². The number of pyridine rings is 1. The van der Waals surface area contributed by atoms with E-state index in [-0.39, 0.29) is 5.91 Å². The number of nitrogens with zero attached hydrogens (tertiary/aromatic N) is 1. The number of nitrogens with one attached hydrogen (secondary N) is 1. The predicted molar refractivity (Wildman–Crippen MR) is 80.4 cm³/mol. The van der Waals surface area contributed by atoms with Crippen LogP contribution in [0.2, 0.25) is 10.0 Å². The van der Waals surface area contributed by atoms with Gasteiger partial charge in [-0.2, -0.15) is 0 Å². The van der Waals surface area contributed by atoms with E-state index in [1.165, 1.54) is 11.8 Å². The average Bonchev–Trinajstić information content (AvgIpc) is 2.43. The van der Waals surface area contributed by atoms with Crippen LogP contribution in [0.15, 0.2) is 41.6 Å². The summed E-state index contributed by atoms with van der Waals surface area (Å²) in [6.45, 7) is 0. The third kappa shape index (κ3) is 3.41. The minimum atomic E-state index is -0.226. The van der Waals surface area contributed by atoms with Crippen LogP contribution in [0, 0.1) is 0 Å². The molecule has 98 valence electrons. The molecule has 0 fully saturated rings. The highest BCUT2D eigenvalue weighted by atomic mass is 35.5. The second-order valence-corrected chi connectivity index (χ2v) is 5.25. The Morgan fingerprint density at radius 1 is 1.26 bits per heavy atom. The first-order valence-electron chi connectivity index (χ1n) is 5.37. The van der Waals surface area contributed by atoms with Crippen LogP contribution in [-0.2, 0) is 0 Å². The van der Waals surface area contributed by atoms with Crippen LogP contribution in [0.4, 0.5) is 5.69 Å². The Bertz CT molecular complexity index is 619. The van der Waals surface area contributed by atoms with Crippen LogP contribution < -0.4 is 5.32 Å². The monoisotopic (exact) mass is 312 g/mol. The summed E-state index contributed by atoms with van der Waals surface area (Å²) >= 11 is 13.1. The fourth-order valence-corrected chi connectivity index (χ4v) is 2.34. The summed E-state index contributed by atoms with van der Waals surface area (Å²) in [5.74, 6) is -0.226. The summed E-state index contributed by atoms with van der Waals surface area (Å²) in [5, 5.41) is 4.29. The van der Waals surface area contributed by atoms with E-state index in [0.717, 1.165) is 0 Å². The quantitative estimate of drug-likeness (QED) is 0.856. The summed E-state index contributed by atoms with van der Waals surface area (Å²) in [7, 11) is 0. The Kier molecular flexibility index (Phi) is 4.69. The van der Waals surface area contributed by atoms with Gasteiger partial charge in [-0.25, -0.2) is 4.98 Å². The van der Waals surface area contributed by atoms with Crippen molar-refractivity contribution in [2.24, 2.45) is 0 Å². The SMILES string of the molecule is CSc1ncccc1C(=O)Nc1ccc(Cl)c(Cl)c1. The molecule has 3 nitrogen and oxygen atoms in total. The highest BCUT2D eigenvalue weighted by molar-refractivity contribution is 7.98. The van der Waals surface area contributed by atoms with Crippen molar-refractivity contribution in [1.82, 2.24) is 4.98 Å². The molecule has 1 aromatic heterocycles. The Labute approximate surface area is 125 Å². The summed E-state index contributed by atoms with van der Waals surface area (Å²) in [4.78, 5) is 16.3. The highest BCUT2D eigenvalue weighted by Gasteiger charge is 2.12. The van der Waals surface area contributed by atoms with Crippen molar-refractivity contribution >= 4 is 46.6 Å². The number of hydrogen-bond acceptors (Lipinski definition) is 3. The molecule has 0 aliphatic carbocycles. The molecule has 1 aromatic carbocycles. The van der Waals surface area contributed by atoms with E-state index in [0.29, 0.717) is 26.3 Å². The van der Waals surface area contributed by atoms with Crippen molar-refractivity contribution in [2.45, 2.75) is 5.03 Å². The minimum Gasteiger partial charge on any atom is -0.322 e. The number of halogens is 2. The second kappa shape index (κ2) is 6.28. The Balaban J connectivity index is 2.23.